The van der Waals surface area contributed by atoms with E-state index in [1.807, 2.05) is 6.92 Å². The van der Waals surface area contributed by atoms with Gasteiger partial charge < -0.3 is 9.47 Å². The second-order valence-electron chi connectivity index (χ2n) is 5.19. The van der Waals surface area contributed by atoms with Crippen LogP contribution in [-0.2, 0) is 10.0 Å². The van der Waals surface area contributed by atoms with E-state index in [2.05, 4.69) is 0 Å². The van der Waals surface area contributed by atoms with Gasteiger partial charge in [0.15, 0.2) is 11.5 Å². The maximum atomic E-state index is 12.8. The van der Waals surface area contributed by atoms with E-state index in [0.717, 1.165) is 10.9 Å². The van der Waals surface area contributed by atoms with Crippen molar-refractivity contribution in [2.45, 2.75) is 11.8 Å². The van der Waals surface area contributed by atoms with E-state index < -0.39 is 10.0 Å². The molecule has 4 rings (SSSR count). The third-order valence-corrected chi connectivity index (χ3v) is 5.43. The number of hydrogen-bond acceptors (Lipinski definition) is 4. The number of nitrogens with zero attached hydrogens (tertiary/aromatic N) is 1. The molecule has 1 aliphatic rings. The lowest BCUT2D eigenvalue weighted by atomic mass is 10.2. The van der Waals surface area contributed by atoms with Gasteiger partial charge in [0, 0.05) is 17.6 Å². The lowest BCUT2D eigenvalue weighted by Crippen LogP contribution is -2.11. The van der Waals surface area contributed by atoms with E-state index in [0.29, 0.717) is 17.0 Å². The number of benzene rings is 2. The van der Waals surface area contributed by atoms with Gasteiger partial charge in [-0.25, -0.2) is 12.4 Å². The molecule has 5 nitrogen and oxygen atoms in total. The summed E-state index contributed by atoms with van der Waals surface area (Å²) in [5, 5.41) is 0.792. The SMILES string of the molecule is Cc1ccc(S(=O)(=O)n2ccc3cc4c(cc32)OCO4)cc1. The third kappa shape index (κ3) is 1.88. The van der Waals surface area contributed by atoms with E-state index in [4.69, 9.17) is 9.47 Å². The van der Waals surface area contributed by atoms with Crippen molar-refractivity contribution in [2.75, 3.05) is 6.79 Å². The first kappa shape index (κ1) is 13.2. The van der Waals surface area contributed by atoms with Crippen LogP contribution in [0.4, 0.5) is 0 Å². The molecule has 0 unspecified atom stereocenters. The van der Waals surface area contributed by atoms with Crippen LogP contribution in [0.5, 0.6) is 11.5 Å². The van der Waals surface area contributed by atoms with Gasteiger partial charge in [-0.3, -0.25) is 0 Å². The first-order valence-electron chi connectivity index (χ1n) is 6.79. The van der Waals surface area contributed by atoms with Gasteiger partial charge in [-0.2, -0.15) is 0 Å². The van der Waals surface area contributed by atoms with E-state index in [1.54, 1.807) is 48.7 Å². The summed E-state index contributed by atoms with van der Waals surface area (Å²) in [5.41, 5.74) is 1.59. The molecule has 0 atom stereocenters. The molecule has 112 valence electrons. The zero-order valence-electron chi connectivity index (χ0n) is 11.8. The molecule has 2 aromatic carbocycles. The predicted molar refractivity (Wildman–Crippen MR) is 81.8 cm³/mol. The Labute approximate surface area is 127 Å². The molecule has 0 radical (unpaired) electrons. The van der Waals surface area contributed by atoms with Gasteiger partial charge in [0.05, 0.1) is 10.4 Å². The molecule has 6 heteroatoms. The van der Waals surface area contributed by atoms with Gasteiger partial charge >= 0.3 is 0 Å². The molecule has 0 saturated carbocycles. The second-order valence-corrected chi connectivity index (χ2v) is 7.01. The highest BCUT2D eigenvalue weighted by Gasteiger charge is 2.22. The van der Waals surface area contributed by atoms with Crippen molar-refractivity contribution in [3.63, 3.8) is 0 Å². The third-order valence-electron chi connectivity index (χ3n) is 3.73. The van der Waals surface area contributed by atoms with Crippen molar-refractivity contribution in [1.82, 2.24) is 3.97 Å². The van der Waals surface area contributed by atoms with Crippen molar-refractivity contribution < 1.29 is 17.9 Å². The van der Waals surface area contributed by atoms with Gasteiger partial charge in [-0.05, 0) is 31.2 Å². The minimum Gasteiger partial charge on any atom is -0.454 e. The Balaban J connectivity index is 1.92. The summed E-state index contributed by atoms with van der Waals surface area (Å²) in [6.07, 6.45) is 1.55. The van der Waals surface area contributed by atoms with Crippen molar-refractivity contribution in [3.8, 4) is 11.5 Å². The van der Waals surface area contributed by atoms with Crippen molar-refractivity contribution in [3.05, 3.63) is 54.2 Å². The Bertz CT molecular complexity index is 971. The average molecular weight is 315 g/mol. The average Bonchev–Trinajstić information content (AvgIpc) is 3.10. The van der Waals surface area contributed by atoms with Gasteiger partial charge in [-0.1, -0.05) is 17.7 Å². The second kappa shape index (κ2) is 4.51. The van der Waals surface area contributed by atoms with Crippen LogP contribution < -0.4 is 9.47 Å². The zero-order valence-corrected chi connectivity index (χ0v) is 12.6. The number of aromatic nitrogens is 1. The summed E-state index contributed by atoms with van der Waals surface area (Å²) in [5.74, 6) is 1.20. The lowest BCUT2D eigenvalue weighted by molar-refractivity contribution is 0.174. The molecule has 0 spiro atoms. The molecule has 2 heterocycles. The fourth-order valence-corrected chi connectivity index (χ4v) is 3.88. The molecule has 1 aromatic heterocycles. The summed E-state index contributed by atoms with van der Waals surface area (Å²) < 4.78 is 37.5. The van der Waals surface area contributed by atoms with Gasteiger partial charge in [-0.15, -0.1) is 0 Å². The van der Waals surface area contributed by atoms with Crippen molar-refractivity contribution >= 4 is 20.9 Å². The number of rotatable bonds is 2. The molecule has 0 saturated heterocycles. The molecule has 3 aromatic rings. The number of ether oxygens (including phenoxy) is 2. The largest absolute Gasteiger partial charge is 0.454 e. The maximum absolute atomic E-state index is 12.8. The Kier molecular flexibility index (Phi) is 2.71. The summed E-state index contributed by atoms with van der Waals surface area (Å²) >= 11 is 0. The highest BCUT2D eigenvalue weighted by molar-refractivity contribution is 7.90. The van der Waals surface area contributed by atoms with Crippen LogP contribution >= 0.6 is 0 Å². The molecule has 0 N–H and O–H groups in total. The van der Waals surface area contributed by atoms with Crippen LogP contribution in [0.2, 0.25) is 0 Å². The van der Waals surface area contributed by atoms with E-state index in [-0.39, 0.29) is 11.7 Å². The molecule has 0 amide bonds. The minimum absolute atomic E-state index is 0.159. The number of hydrogen-bond donors (Lipinski definition) is 0. The standard InChI is InChI=1S/C16H13NO4S/c1-11-2-4-13(5-3-11)22(18,19)17-7-6-12-8-15-16(9-14(12)17)21-10-20-15/h2-9H,10H2,1H3. The fraction of sp³-hybridized carbons (Fsp3) is 0.125. The lowest BCUT2D eigenvalue weighted by Gasteiger charge is -2.08. The number of aryl methyl sites for hydroxylation is 1. The Morgan fingerprint density at radius 1 is 1.00 bits per heavy atom. The molecule has 22 heavy (non-hydrogen) atoms. The van der Waals surface area contributed by atoms with Gasteiger partial charge in [0.2, 0.25) is 6.79 Å². The van der Waals surface area contributed by atoms with Crippen molar-refractivity contribution in [2.24, 2.45) is 0 Å². The minimum atomic E-state index is -3.64. The van der Waals surface area contributed by atoms with Crippen LogP contribution in [-0.4, -0.2) is 19.2 Å². The Hall–Kier alpha value is -2.47. The highest BCUT2D eigenvalue weighted by Crippen LogP contribution is 2.37. The molecular weight excluding hydrogens is 302 g/mol. The summed E-state index contributed by atoms with van der Waals surface area (Å²) in [6, 6.07) is 12.0. The van der Waals surface area contributed by atoms with Crippen LogP contribution in [0.15, 0.2) is 53.6 Å². The molecule has 0 fully saturated rings. The monoisotopic (exact) mass is 315 g/mol. The van der Waals surface area contributed by atoms with E-state index in [1.165, 1.54) is 3.97 Å². The molecule has 0 aliphatic carbocycles. The number of fused-ring (bicyclic) bond motifs is 2. The van der Waals surface area contributed by atoms with Crippen molar-refractivity contribution in [1.29, 1.82) is 0 Å². The topological polar surface area (TPSA) is 57.5 Å². The molecule has 0 bridgehead atoms. The molecule has 1 aliphatic heterocycles. The van der Waals surface area contributed by atoms with Crippen LogP contribution in [0.1, 0.15) is 5.56 Å². The summed E-state index contributed by atoms with van der Waals surface area (Å²) in [7, 11) is -3.64. The normalized spacial score (nSPS) is 13.7. The Morgan fingerprint density at radius 2 is 1.68 bits per heavy atom. The first-order chi connectivity index (χ1) is 10.6. The zero-order chi connectivity index (χ0) is 15.3. The van der Waals surface area contributed by atoms with Crippen LogP contribution in [0.3, 0.4) is 0 Å². The first-order valence-corrected chi connectivity index (χ1v) is 8.23. The van der Waals surface area contributed by atoms with Crippen LogP contribution in [0.25, 0.3) is 10.9 Å². The van der Waals surface area contributed by atoms with Crippen LogP contribution in [0, 0.1) is 6.92 Å². The van der Waals surface area contributed by atoms with Gasteiger partial charge in [0.1, 0.15) is 0 Å². The smallest absolute Gasteiger partial charge is 0.268 e. The molecular formula is C16H13NO4S. The van der Waals surface area contributed by atoms with Gasteiger partial charge in [0.25, 0.3) is 10.0 Å². The van der Waals surface area contributed by atoms with E-state index >= 15 is 0 Å². The highest BCUT2D eigenvalue weighted by atomic mass is 32.2. The Morgan fingerprint density at radius 3 is 2.41 bits per heavy atom. The predicted octanol–water partition coefficient (Wildman–Crippen LogP) is 2.92. The quantitative estimate of drug-likeness (QED) is 0.729. The fourth-order valence-electron chi connectivity index (χ4n) is 2.53. The summed E-state index contributed by atoms with van der Waals surface area (Å²) in [4.78, 5) is 0.258. The summed E-state index contributed by atoms with van der Waals surface area (Å²) in [6.45, 7) is 2.08. The van der Waals surface area contributed by atoms with E-state index in [9.17, 15) is 8.42 Å². The maximum Gasteiger partial charge on any atom is 0.268 e.